The number of nitrogens with zero attached hydrogens (tertiary/aromatic N) is 1. The van der Waals surface area contributed by atoms with Crippen molar-refractivity contribution in [2.75, 3.05) is 5.32 Å². The molecule has 3 aromatic rings. The third-order valence-electron chi connectivity index (χ3n) is 4.05. The quantitative estimate of drug-likeness (QED) is 0.696. The molecule has 1 aromatic heterocycles. The number of anilines is 1. The molecule has 3 rings (SSSR count). The normalized spacial score (nSPS) is 11.4. The summed E-state index contributed by atoms with van der Waals surface area (Å²) in [7, 11) is 0. The molecule has 0 saturated carbocycles. The van der Waals surface area contributed by atoms with E-state index in [9.17, 15) is 18.0 Å². The second kappa shape index (κ2) is 6.67. The molecule has 0 atom stereocenters. The highest BCUT2D eigenvalue weighted by Crippen LogP contribution is 2.30. The van der Waals surface area contributed by atoms with Gasteiger partial charge in [-0.2, -0.15) is 13.2 Å². The lowest BCUT2D eigenvalue weighted by atomic mass is 10.1. The summed E-state index contributed by atoms with van der Waals surface area (Å²) >= 11 is 0. The molecule has 1 N–H and O–H groups in total. The van der Waals surface area contributed by atoms with Crippen LogP contribution in [0.25, 0.3) is 11.5 Å². The molecule has 0 aliphatic heterocycles. The highest BCUT2D eigenvalue weighted by atomic mass is 19.4. The van der Waals surface area contributed by atoms with Gasteiger partial charge in [0.15, 0.2) is 5.69 Å². The maximum Gasteiger partial charge on any atom is 0.416 e. The Morgan fingerprint density at radius 1 is 1.08 bits per heavy atom. The van der Waals surface area contributed by atoms with Crippen molar-refractivity contribution in [2.24, 2.45) is 0 Å². The van der Waals surface area contributed by atoms with Gasteiger partial charge < -0.3 is 9.73 Å². The second-order valence-electron chi connectivity index (χ2n) is 5.81. The van der Waals surface area contributed by atoms with Crippen LogP contribution in [0.1, 0.15) is 27.2 Å². The van der Waals surface area contributed by atoms with E-state index in [0.717, 1.165) is 23.3 Å². The lowest BCUT2D eigenvalue weighted by Gasteiger charge is -2.08. The van der Waals surface area contributed by atoms with Gasteiger partial charge in [-0.3, -0.25) is 4.79 Å². The van der Waals surface area contributed by atoms with Crippen LogP contribution in [0.5, 0.6) is 0 Å². The Kier molecular flexibility index (Phi) is 4.54. The molecule has 0 unspecified atom stereocenters. The van der Waals surface area contributed by atoms with E-state index < -0.39 is 17.6 Å². The predicted octanol–water partition coefficient (Wildman–Crippen LogP) is 5.23. The summed E-state index contributed by atoms with van der Waals surface area (Å²) in [4.78, 5) is 16.4. The number of aromatic nitrogens is 1. The van der Waals surface area contributed by atoms with E-state index in [2.05, 4.69) is 10.3 Å². The average Bonchev–Trinajstić information content (AvgIpc) is 3.08. The number of carbonyl (C=O) groups is 1. The van der Waals surface area contributed by atoms with Gasteiger partial charge in [0.05, 0.1) is 5.56 Å². The molecule has 0 radical (unpaired) electrons. The van der Waals surface area contributed by atoms with Gasteiger partial charge >= 0.3 is 6.18 Å². The first-order chi connectivity index (χ1) is 12.3. The Hall–Kier alpha value is -3.09. The predicted molar refractivity (Wildman–Crippen MR) is 90.8 cm³/mol. The van der Waals surface area contributed by atoms with Crippen molar-refractivity contribution in [1.82, 2.24) is 4.98 Å². The van der Waals surface area contributed by atoms with E-state index in [4.69, 9.17) is 4.42 Å². The number of carbonyl (C=O) groups excluding carboxylic acids is 1. The van der Waals surface area contributed by atoms with Crippen LogP contribution in [0.2, 0.25) is 0 Å². The number of amides is 1. The Bertz CT molecular complexity index is 944. The summed E-state index contributed by atoms with van der Waals surface area (Å²) in [6.07, 6.45) is -3.24. The lowest BCUT2D eigenvalue weighted by Crippen LogP contribution is -2.13. The fraction of sp³-hybridized carbons (Fsp3) is 0.158. The maximum atomic E-state index is 12.6. The number of rotatable bonds is 3. The first kappa shape index (κ1) is 17.7. The maximum absolute atomic E-state index is 12.6. The number of aryl methyl sites for hydroxylation is 1. The summed E-state index contributed by atoms with van der Waals surface area (Å²) in [5, 5.41) is 2.75. The number of oxazole rings is 1. The molecule has 0 saturated heterocycles. The molecular weight excluding hydrogens is 345 g/mol. The van der Waals surface area contributed by atoms with Gasteiger partial charge in [0, 0.05) is 11.3 Å². The zero-order valence-corrected chi connectivity index (χ0v) is 14.0. The lowest BCUT2D eigenvalue weighted by molar-refractivity contribution is -0.137. The summed E-state index contributed by atoms with van der Waals surface area (Å²) < 4.78 is 43.1. The molecule has 4 nitrogen and oxygen atoms in total. The Morgan fingerprint density at radius 3 is 2.42 bits per heavy atom. The van der Waals surface area contributed by atoms with Crippen LogP contribution in [0.15, 0.2) is 53.1 Å². The number of benzene rings is 2. The monoisotopic (exact) mass is 360 g/mol. The third-order valence-corrected chi connectivity index (χ3v) is 4.05. The molecule has 0 bridgehead atoms. The summed E-state index contributed by atoms with van der Waals surface area (Å²) in [6.45, 7) is 3.82. The van der Waals surface area contributed by atoms with Gasteiger partial charge in [-0.05, 0) is 55.3 Å². The van der Waals surface area contributed by atoms with Crippen molar-refractivity contribution >= 4 is 11.6 Å². The second-order valence-corrected chi connectivity index (χ2v) is 5.81. The first-order valence-electron chi connectivity index (χ1n) is 7.76. The molecular formula is C19H15F3N2O2. The van der Waals surface area contributed by atoms with Gasteiger partial charge in [-0.15, -0.1) is 0 Å². The van der Waals surface area contributed by atoms with E-state index in [-0.39, 0.29) is 11.6 Å². The van der Waals surface area contributed by atoms with E-state index >= 15 is 0 Å². The van der Waals surface area contributed by atoms with Gasteiger partial charge in [0.25, 0.3) is 5.91 Å². The zero-order chi connectivity index (χ0) is 18.9. The number of hydrogen-bond donors (Lipinski definition) is 1. The van der Waals surface area contributed by atoms with Crippen molar-refractivity contribution in [3.8, 4) is 11.5 Å². The van der Waals surface area contributed by atoms with Crippen molar-refractivity contribution < 1.29 is 22.4 Å². The van der Waals surface area contributed by atoms with E-state index in [0.29, 0.717) is 11.3 Å². The molecule has 0 aliphatic rings. The van der Waals surface area contributed by atoms with Crippen molar-refractivity contribution in [1.29, 1.82) is 0 Å². The average molecular weight is 360 g/mol. The fourth-order valence-corrected chi connectivity index (χ4v) is 2.39. The van der Waals surface area contributed by atoms with Crippen molar-refractivity contribution in [2.45, 2.75) is 20.0 Å². The van der Waals surface area contributed by atoms with Crippen molar-refractivity contribution in [3.05, 3.63) is 71.1 Å². The number of alkyl halides is 3. The van der Waals surface area contributed by atoms with Crippen molar-refractivity contribution in [3.63, 3.8) is 0 Å². The molecule has 134 valence electrons. The van der Waals surface area contributed by atoms with Gasteiger partial charge in [-0.25, -0.2) is 4.98 Å². The molecule has 0 aliphatic carbocycles. The van der Waals surface area contributed by atoms with Crippen LogP contribution in [-0.2, 0) is 6.18 Å². The summed E-state index contributed by atoms with van der Waals surface area (Å²) in [6, 6.07) is 9.92. The number of hydrogen-bond acceptors (Lipinski definition) is 3. The van der Waals surface area contributed by atoms with Crippen LogP contribution < -0.4 is 5.32 Å². The Balaban J connectivity index is 1.79. The zero-order valence-electron chi connectivity index (χ0n) is 14.0. The van der Waals surface area contributed by atoms with Crippen LogP contribution in [-0.4, -0.2) is 10.9 Å². The summed E-state index contributed by atoms with van der Waals surface area (Å²) in [5.41, 5.74) is 2.26. The van der Waals surface area contributed by atoms with E-state index in [1.807, 2.05) is 26.0 Å². The summed E-state index contributed by atoms with van der Waals surface area (Å²) in [5.74, 6) is -0.384. The van der Waals surface area contributed by atoms with Crippen LogP contribution in [0, 0.1) is 13.8 Å². The topological polar surface area (TPSA) is 55.1 Å². The number of nitrogens with one attached hydrogen (secondary N) is 1. The van der Waals surface area contributed by atoms with Crippen LogP contribution >= 0.6 is 0 Å². The molecule has 7 heteroatoms. The van der Waals surface area contributed by atoms with E-state index in [1.165, 1.54) is 18.4 Å². The SMILES string of the molecule is Cc1cccc(NC(=O)c2coc(-c3ccc(C(F)(F)F)cc3)n2)c1C. The molecule has 26 heavy (non-hydrogen) atoms. The Morgan fingerprint density at radius 2 is 1.77 bits per heavy atom. The fourth-order valence-electron chi connectivity index (χ4n) is 2.39. The highest BCUT2D eigenvalue weighted by Gasteiger charge is 2.30. The van der Waals surface area contributed by atoms with Gasteiger partial charge in [-0.1, -0.05) is 12.1 Å². The minimum absolute atomic E-state index is 0.0424. The highest BCUT2D eigenvalue weighted by molar-refractivity contribution is 6.03. The molecule has 0 spiro atoms. The van der Waals surface area contributed by atoms with Crippen LogP contribution in [0.4, 0.5) is 18.9 Å². The molecule has 0 fully saturated rings. The first-order valence-corrected chi connectivity index (χ1v) is 7.76. The number of halogens is 3. The minimum atomic E-state index is -4.41. The van der Waals surface area contributed by atoms with E-state index in [1.54, 1.807) is 6.07 Å². The minimum Gasteiger partial charge on any atom is -0.444 e. The molecule has 1 amide bonds. The Labute approximate surface area is 147 Å². The van der Waals surface area contributed by atoms with Gasteiger partial charge in [0.1, 0.15) is 6.26 Å². The standard InChI is InChI=1S/C19H15F3N2O2/c1-11-4-3-5-15(12(11)2)23-17(25)16-10-26-18(24-16)13-6-8-14(9-7-13)19(20,21)22/h3-10H,1-2H3,(H,23,25). The molecule has 1 heterocycles. The molecule has 2 aromatic carbocycles. The third kappa shape index (κ3) is 3.61. The smallest absolute Gasteiger partial charge is 0.416 e. The van der Waals surface area contributed by atoms with Crippen LogP contribution in [0.3, 0.4) is 0 Å². The van der Waals surface area contributed by atoms with Gasteiger partial charge in [0.2, 0.25) is 5.89 Å². The largest absolute Gasteiger partial charge is 0.444 e.